The molecule has 0 saturated heterocycles. The number of rotatable bonds is 1. The number of hydrogen-bond acceptors (Lipinski definition) is 2. The second-order valence-electron chi connectivity index (χ2n) is 4.47. The average Bonchev–Trinajstić information content (AvgIpc) is 2.40. The van der Waals surface area contributed by atoms with E-state index in [9.17, 15) is 18.0 Å². The Morgan fingerprint density at radius 3 is 2.60 bits per heavy atom. The first-order valence-electron chi connectivity index (χ1n) is 5.89. The molecule has 0 spiro atoms. The van der Waals surface area contributed by atoms with Crippen molar-refractivity contribution < 1.29 is 18.0 Å². The van der Waals surface area contributed by atoms with Gasteiger partial charge in [0, 0.05) is 28.8 Å². The molecule has 2 rings (SSSR count). The van der Waals surface area contributed by atoms with Gasteiger partial charge in [0.15, 0.2) is 0 Å². The zero-order valence-corrected chi connectivity index (χ0v) is 12.0. The molecule has 7 heteroatoms. The van der Waals surface area contributed by atoms with Crippen LogP contribution in [0.1, 0.15) is 16.8 Å². The van der Waals surface area contributed by atoms with Gasteiger partial charge in [0.25, 0.3) is 5.91 Å². The summed E-state index contributed by atoms with van der Waals surface area (Å²) in [5.74, 6) is -0.332. The van der Waals surface area contributed by atoms with Gasteiger partial charge in [-0.3, -0.25) is 4.79 Å². The largest absolute Gasteiger partial charge is 0.412 e. The van der Waals surface area contributed by atoms with E-state index in [-0.39, 0.29) is 25.4 Å². The second kappa shape index (κ2) is 5.47. The van der Waals surface area contributed by atoms with Crippen molar-refractivity contribution in [1.29, 1.82) is 0 Å². The van der Waals surface area contributed by atoms with E-state index in [0.717, 1.165) is 6.08 Å². The van der Waals surface area contributed by atoms with Gasteiger partial charge in [0.2, 0.25) is 0 Å². The molecule has 1 amide bonds. The van der Waals surface area contributed by atoms with E-state index in [0.29, 0.717) is 15.7 Å². The summed E-state index contributed by atoms with van der Waals surface area (Å²) in [4.78, 5) is 13.6. The first kappa shape index (κ1) is 14.9. The quantitative estimate of drug-likeness (QED) is 0.624. The van der Waals surface area contributed by atoms with Crippen molar-refractivity contribution in [2.75, 3.05) is 18.8 Å². The van der Waals surface area contributed by atoms with Gasteiger partial charge in [-0.2, -0.15) is 13.2 Å². The predicted molar refractivity (Wildman–Crippen MR) is 73.2 cm³/mol. The van der Waals surface area contributed by atoms with Crippen molar-refractivity contribution in [1.82, 2.24) is 4.90 Å². The minimum atomic E-state index is -4.31. The highest BCUT2D eigenvalue weighted by molar-refractivity contribution is 9.10. The molecule has 1 aromatic rings. The number of carbonyl (C=O) groups is 1. The Labute approximate surface area is 122 Å². The van der Waals surface area contributed by atoms with E-state index in [4.69, 9.17) is 5.73 Å². The lowest BCUT2D eigenvalue weighted by molar-refractivity contribution is -0.0957. The normalized spacial score (nSPS) is 16.0. The SMILES string of the molecule is Nc1ccc(Br)c(C(=O)N2CC=C(C(F)(F)F)CC2)c1. The molecule has 0 radical (unpaired) electrons. The Morgan fingerprint density at radius 1 is 1.35 bits per heavy atom. The zero-order chi connectivity index (χ0) is 14.9. The Kier molecular flexibility index (Phi) is 4.08. The number of anilines is 1. The number of benzene rings is 1. The summed E-state index contributed by atoms with van der Waals surface area (Å²) in [7, 11) is 0. The molecule has 0 saturated carbocycles. The third-order valence-corrected chi connectivity index (χ3v) is 3.77. The Morgan fingerprint density at radius 2 is 2.05 bits per heavy atom. The lowest BCUT2D eigenvalue weighted by atomic mass is 10.1. The monoisotopic (exact) mass is 348 g/mol. The number of halogens is 4. The van der Waals surface area contributed by atoms with Crippen molar-refractivity contribution in [3.8, 4) is 0 Å². The van der Waals surface area contributed by atoms with Crippen LogP contribution in [0.2, 0.25) is 0 Å². The number of hydrogen-bond donors (Lipinski definition) is 1. The fourth-order valence-electron chi connectivity index (χ4n) is 1.99. The first-order chi connectivity index (χ1) is 9.29. The maximum atomic E-state index is 12.5. The standard InChI is InChI=1S/C13H12BrF3N2O/c14-11-2-1-9(18)7-10(11)12(20)19-5-3-8(4-6-19)13(15,16)17/h1-3,7H,4-6,18H2. The van der Waals surface area contributed by atoms with Crippen LogP contribution in [0.15, 0.2) is 34.3 Å². The van der Waals surface area contributed by atoms with Crippen LogP contribution < -0.4 is 5.73 Å². The maximum Gasteiger partial charge on any atom is 0.412 e. The lowest BCUT2D eigenvalue weighted by Crippen LogP contribution is -2.37. The highest BCUT2D eigenvalue weighted by atomic mass is 79.9. The minimum Gasteiger partial charge on any atom is -0.399 e. The molecule has 1 heterocycles. The van der Waals surface area contributed by atoms with Gasteiger partial charge in [-0.05, 0) is 40.5 Å². The van der Waals surface area contributed by atoms with Crippen LogP contribution in [-0.2, 0) is 0 Å². The lowest BCUT2D eigenvalue weighted by Gasteiger charge is -2.27. The van der Waals surface area contributed by atoms with Crippen LogP contribution in [0.25, 0.3) is 0 Å². The summed E-state index contributed by atoms with van der Waals surface area (Å²) in [6.45, 7) is 0.000329. The predicted octanol–water partition coefficient (Wildman–Crippen LogP) is 3.37. The van der Waals surface area contributed by atoms with Crippen molar-refractivity contribution >= 4 is 27.5 Å². The average molecular weight is 349 g/mol. The molecule has 0 bridgehead atoms. The van der Waals surface area contributed by atoms with Gasteiger partial charge >= 0.3 is 6.18 Å². The third kappa shape index (κ3) is 3.15. The Hall–Kier alpha value is -1.50. The highest BCUT2D eigenvalue weighted by Crippen LogP contribution is 2.31. The molecule has 0 unspecified atom stereocenters. The van der Waals surface area contributed by atoms with Crippen LogP contribution in [0, 0.1) is 0 Å². The number of alkyl halides is 3. The number of nitrogen functional groups attached to an aromatic ring is 1. The smallest absolute Gasteiger partial charge is 0.399 e. The summed E-state index contributed by atoms with van der Waals surface area (Å²) in [6.07, 6.45) is -3.44. The van der Waals surface area contributed by atoms with Crippen LogP contribution in [0.3, 0.4) is 0 Å². The van der Waals surface area contributed by atoms with Crippen LogP contribution in [0.5, 0.6) is 0 Å². The van der Waals surface area contributed by atoms with Crippen molar-refractivity contribution in [3.63, 3.8) is 0 Å². The molecule has 1 aliphatic rings. The van der Waals surface area contributed by atoms with E-state index in [1.54, 1.807) is 12.1 Å². The number of nitrogens with zero attached hydrogens (tertiary/aromatic N) is 1. The second-order valence-corrected chi connectivity index (χ2v) is 5.32. The molecule has 0 atom stereocenters. The number of carbonyl (C=O) groups excluding carboxylic acids is 1. The van der Waals surface area contributed by atoms with E-state index in [1.165, 1.54) is 11.0 Å². The van der Waals surface area contributed by atoms with Gasteiger partial charge in [0.05, 0.1) is 5.56 Å². The van der Waals surface area contributed by atoms with Crippen molar-refractivity contribution in [2.45, 2.75) is 12.6 Å². The molecule has 2 N–H and O–H groups in total. The van der Waals surface area contributed by atoms with E-state index >= 15 is 0 Å². The van der Waals surface area contributed by atoms with Gasteiger partial charge in [-0.1, -0.05) is 6.08 Å². The first-order valence-corrected chi connectivity index (χ1v) is 6.69. The molecular weight excluding hydrogens is 337 g/mol. The van der Waals surface area contributed by atoms with Crippen molar-refractivity contribution in [3.05, 3.63) is 39.9 Å². The molecule has 1 aromatic carbocycles. The molecule has 20 heavy (non-hydrogen) atoms. The molecule has 108 valence electrons. The summed E-state index contributed by atoms with van der Waals surface area (Å²) < 4.78 is 38.1. The van der Waals surface area contributed by atoms with Crippen LogP contribution in [-0.4, -0.2) is 30.1 Å². The summed E-state index contributed by atoms with van der Waals surface area (Å²) in [6, 6.07) is 4.79. The fourth-order valence-corrected chi connectivity index (χ4v) is 2.40. The van der Waals surface area contributed by atoms with Gasteiger partial charge in [-0.25, -0.2) is 0 Å². The number of amides is 1. The summed E-state index contributed by atoms with van der Waals surface area (Å²) >= 11 is 3.24. The highest BCUT2D eigenvalue weighted by Gasteiger charge is 2.35. The van der Waals surface area contributed by atoms with Gasteiger partial charge < -0.3 is 10.6 Å². The Balaban J connectivity index is 2.17. The minimum absolute atomic E-state index is 0.0467. The van der Waals surface area contributed by atoms with Crippen LogP contribution in [0.4, 0.5) is 18.9 Å². The number of nitrogens with two attached hydrogens (primary N) is 1. The molecular formula is C13H12BrF3N2O. The van der Waals surface area contributed by atoms with E-state index in [1.807, 2.05) is 0 Å². The molecule has 1 aliphatic heterocycles. The fraction of sp³-hybridized carbons (Fsp3) is 0.308. The Bertz CT molecular complexity index is 569. The van der Waals surface area contributed by atoms with Crippen LogP contribution >= 0.6 is 15.9 Å². The topological polar surface area (TPSA) is 46.3 Å². The summed E-state index contributed by atoms with van der Waals surface area (Å²) in [5, 5.41) is 0. The van der Waals surface area contributed by atoms with Gasteiger partial charge in [-0.15, -0.1) is 0 Å². The van der Waals surface area contributed by atoms with E-state index < -0.39 is 11.7 Å². The zero-order valence-electron chi connectivity index (χ0n) is 10.4. The maximum absolute atomic E-state index is 12.5. The molecule has 3 nitrogen and oxygen atoms in total. The van der Waals surface area contributed by atoms with Crippen molar-refractivity contribution in [2.24, 2.45) is 0 Å². The molecule has 0 aliphatic carbocycles. The summed E-state index contributed by atoms with van der Waals surface area (Å²) in [5.41, 5.74) is 5.83. The molecule has 0 aromatic heterocycles. The van der Waals surface area contributed by atoms with Gasteiger partial charge in [0.1, 0.15) is 0 Å². The molecule has 0 fully saturated rings. The third-order valence-electron chi connectivity index (χ3n) is 3.08. The van der Waals surface area contributed by atoms with E-state index in [2.05, 4.69) is 15.9 Å².